The Kier molecular flexibility index (Phi) is 3.01. The number of ether oxygens (including phenoxy) is 1. The Morgan fingerprint density at radius 3 is 2.64 bits per heavy atom. The van der Waals surface area contributed by atoms with E-state index in [4.69, 9.17) is 4.74 Å². The minimum Gasteiger partial charge on any atom is -0.419 e. The first-order chi connectivity index (χ1) is 6.54. The highest BCUT2D eigenvalue weighted by Crippen LogP contribution is 2.08. The zero-order valence-electron chi connectivity index (χ0n) is 8.38. The average Bonchev–Trinajstić information content (AvgIpc) is 2.10. The van der Waals surface area contributed by atoms with Crippen molar-refractivity contribution < 1.29 is 9.53 Å². The van der Waals surface area contributed by atoms with Crippen LogP contribution in [0.25, 0.3) is 0 Å². The quantitative estimate of drug-likeness (QED) is 0.707. The van der Waals surface area contributed by atoms with E-state index >= 15 is 0 Å². The van der Waals surface area contributed by atoms with E-state index in [1.165, 1.54) is 0 Å². The summed E-state index contributed by atoms with van der Waals surface area (Å²) < 4.78 is 4.83. The van der Waals surface area contributed by atoms with Crippen LogP contribution < -0.4 is 10.3 Å². The van der Waals surface area contributed by atoms with E-state index in [0.717, 1.165) is 0 Å². The van der Waals surface area contributed by atoms with Gasteiger partial charge in [0.2, 0.25) is 5.75 Å². The number of hydrogen-bond donors (Lipinski definition) is 1. The lowest BCUT2D eigenvalue weighted by molar-refractivity contribution is -0.134. The van der Waals surface area contributed by atoms with E-state index in [2.05, 4.69) is 9.97 Å². The summed E-state index contributed by atoms with van der Waals surface area (Å²) in [5.41, 5.74) is 0.00449. The molecule has 1 rings (SSSR count). The van der Waals surface area contributed by atoms with E-state index in [0.29, 0.717) is 11.5 Å². The van der Waals surface area contributed by atoms with Gasteiger partial charge in [-0.2, -0.15) is 0 Å². The summed E-state index contributed by atoms with van der Waals surface area (Å²) in [5, 5.41) is 0. The highest BCUT2D eigenvalue weighted by Gasteiger charge is 2.11. The molecule has 5 heteroatoms. The van der Waals surface area contributed by atoms with Crippen LogP contribution in [-0.2, 0) is 4.79 Å². The maximum atomic E-state index is 11.3. The predicted octanol–water partition coefficient (Wildman–Crippen LogP) is 0.702. The van der Waals surface area contributed by atoms with Gasteiger partial charge in [0.15, 0.2) is 0 Å². The third-order valence-electron chi connectivity index (χ3n) is 1.67. The molecule has 0 radical (unpaired) electrons. The number of aromatic nitrogens is 2. The highest BCUT2D eigenvalue weighted by molar-refractivity contribution is 5.72. The van der Waals surface area contributed by atoms with Crippen molar-refractivity contribution in [3.05, 3.63) is 21.9 Å². The topological polar surface area (TPSA) is 72.0 Å². The van der Waals surface area contributed by atoms with Crippen molar-refractivity contribution in [1.82, 2.24) is 9.97 Å². The molecule has 1 aromatic rings. The third kappa shape index (κ3) is 2.18. The number of nitrogens with one attached hydrogen (secondary N) is 1. The second-order valence-corrected chi connectivity index (χ2v) is 2.89. The Labute approximate surface area is 81.1 Å². The summed E-state index contributed by atoms with van der Waals surface area (Å²) >= 11 is 0. The summed E-state index contributed by atoms with van der Waals surface area (Å²) in [7, 11) is 0. The van der Waals surface area contributed by atoms with Crippen LogP contribution in [0.3, 0.4) is 0 Å². The lowest BCUT2D eigenvalue weighted by atomic mass is 10.4. The Bertz CT molecular complexity index is 409. The Morgan fingerprint density at radius 1 is 1.50 bits per heavy atom. The fourth-order valence-corrected chi connectivity index (χ4v) is 1.02. The van der Waals surface area contributed by atoms with Gasteiger partial charge in [0.1, 0.15) is 5.82 Å². The van der Waals surface area contributed by atoms with E-state index in [9.17, 15) is 9.59 Å². The fourth-order valence-electron chi connectivity index (χ4n) is 1.02. The second kappa shape index (κ2) is 4.04. The minimum atomic E-state index is -0.441. The maximum Gasteiger partial charge on any atom is 0.311 e. The van der Waals surface area contributed by atoms with Crippen molar-refractivity contribution in [2.24, 2.45) is 0 Å². The van der Waals surface area contributed by atoms with Crippen molar-refractivity contribution in [2.75, 3.05) is 0 Å². The number of H-pyrrole nitrogens is 1. The molecule has 0 amide bonds. The highest BCUT2D eigenvalue weighted by atomic mass is 16.5. The van der Waals surface area contributed by atoms with Crippen molar-refractivity contribution >= 4 is 5.97 Å². The van der Waals surface area contributed by atoms with E-state index in [-0.39, 0.29) is 12.2 Å². The Hall–Kier alpha value is -1.65. The predicted molar refractivity (Wildman–Crippen MR) is 50.3 cm³/mol. The largest absolute Gasteiger partial charge is 0.419 e. The molecule has 0 bridgehead atoms. The average molecular weight is 196 g/mol. The number of esters is 1. The molecule has 76 valence electrons. The molecule has 14 heavy (non-hydrogen) atoms. The van der Waals surface area contributed by atoms with Gasteiger partial charge in [-0.15, -0.1) is 0 Å². The first-order valence-electron chi connectivity index (χ1n) is 4.32. The van der Waals surface area contributed by atoms with Gasteiger partial charge >= 0.3 is 5.97 Å². The standard InChI is InChI=1S/C9H12N2O3/c1-4-7(12)14-8-5(2)10-6(3)11-9(8)13/h4H2,1-3H3,(H,10,11,13). The number of nitrogens with zero attached hydrogens (tertiary/aromatic N) is 1. The van der Waals surface area contributed by atoms with Crippen molar-refractivity contribution in [3.63, 3.8) is 0 Å². The number of aromatic amines is 1. The Balaban J connectivity index is 3.09. The number of hydrogen-bond acceptors (Lipinski definition) is 4. The second-order valence-electron chi connectivity index (χ2n) is 2.89. The first-order valence-corrected chi connectivity index (χ1v) is 4.32. The first kappa shape index (κ1) is 10.4. The number of carbonyl (C=O) groups is 1. The van der Waals surface area contributed by atoms with Crippen LogP contribution in [0, 0.1) is 13.8 Å². The summed E-state index contributed by atoms with van der Waals surface area (Å²) in [6.45, 7) is 4.95. The molecule has 1 heterocycles. The fraction of sp³-hybridized carbons (Fsp3) is 0.444. The SMILES string of the molecule is CCC(=O)Oc1c(C)nc(C)[nH]c1=O. The van der Waals surface area contributed by atoms with Crippen LogP contribution in [-0.4, -0.2) is 15.9 Å². The lowest BCUT2D eigenvalue weighted by Crippen LogP contribution is -2.19. The number of rotatable bonds is 2. The van der Waals surface area contributed by atoms with Crippen LogP contribution in [0.1, 0.15) is 24.9 Å². The molecule has 0 spiro atoms. The molecule has 0 saturated carbocycles. The van der Waals surface area contributed by atoms with E-state index < -0.39 is 11.5 Å². The molecule has 1 N–H and O–H groups in total. The van der Waals surface area contributed by atoms with Gasteiger partial charge in [-0.3, -0.25) is 9.59 Å². The van der Waals surface area contributed by atoms with E-state index in [1.54, 1.807) is 20.8 Å². The lowest BCUT2D eigenvalue weighted by Gasteiger charge is -2.04. The van der Waals surface area contributed by atoms with Gasteiger partial charge in [0.25, 0.3) is 5.56 Å². The molecule has 1 aromatic heterocycles. The zero-order valence-corrected chi connectivity index (χ0v) is 8.38. The summed E-state index contributed by atoms with van der Waals surface area (Å²) in [5.74, 6) is 0.0514. The maximum absolute atomic E-state index is 11.3. The molecular weight excluding hydrogens is 184 g/mol. The molecule has 0 fully saturated rings. The molecule has 0 aliphatic rings. The molecule has 0 aliphatic heterocycles. The van der Waals surface area contributed by atoms with Gasteiger partial charge in [-0.1, -0.05) is 6.92 Å². The zero-order chi connectivity index (χ0) is 10.7. The summed E-state index contributed by atoms with van der Waals surface area (Å²) in [6.07, 6.45) is 0.229. The van der Waals surface area contributed by atoms with Crippen LogP contribution in [0.2, 0.25) is 0 Å². The molecule has 0 aromatic carbocycles. The van der Waals surface area contributed by atoms with E-state index in [1.807, 2.05) is 0 Å². The van der Waals surface area contributed by atoms with Crippen LogP contribution >= 0.6 is 0 Å². The molecular formula is C9H12N2O3. The minimum absolute atomic E-state index is 0.0116. The van der Waals surface area contributed by atoms with Crippen LogP contribution in [0.4, 0.5) is 0 Å². The van der Waals surface area contributed by atoms with Gasteiger partial charge in [-0.05, 0) is 13.8 Å². The molecule has 0 unspecified atom stereocenters. The van der Waals surface area contributed by atoms with Crippen LogP contribution in [0.5, 0.6) is 5.75 Å². The number of carbonyl (C=O) groups excluding carboxylic acids is 1. The van der Waals surface area contributed by atoms with Gasteiger partial charge in [-0.25, -0.2) is 4.98 Å². The summed E-state index contributed by atoms with van der Waals surface area (Å²) in [4.78, 5) is 28.8. The normalized spacial score (nSPS) is 9.93. The third-order valence-corrected chi connectivity index (χ3v) is 1.67. The van der Waals surface area contributed by atoms with Gasteiger partial charge in [0.05, 0.1) is 5.69 Å². The van der Waals surface area contributed by atoms with Gasteiger partial charge in [0, 0.05) is 6.42 Å². The molecule has 0 aliphatic carbocycles. The Morgan fingerprint density at radius 2 is 2.14 bits per heavy atom. The summed E-state index contributed by atoms with van der Waals surface area (Å²) in [6, 6.07) is 0. The van der Waals surface area contributed by atoms with Crippen molar-refractivity contribution in [2.45, 2.75) is 27.2 Å². The molecule has 5 nitrogen and oxygen atoms in total. The van der Waals surface area contributed by atoms with Crippen LogP contribution in [0.15, 0.2) is 4.79 Å². The van der Waals surface area contributed by atoms with Crippen molar-refractivity contribution in [3.8, 4) is 5.75 Å². The van der Waals surface area contributed by atoms with Crippen molar-refractivity contribution in [1.29, 1.82) is 0 Å². The van der Waals surface area contributed by atoms with Gasteiger partial charge < -0.3 is 9.72 Å². The smallest absolute Gasteiger partial charge is 0.311 e. The molecule has 0 saturated heterocycles. The number of aryl methyl sites for hydroxylation is 2. The molecule has 0 atom stereocenters. The monoisotopic (exact) mass is 196 g/mol.